The van der Waals surface area contributed by atoms with Gasteiger partial charge in [0, 0.05) is 21.8 Å². The summed E-state index contributed by atoms with van der Waals surface area (Å²) in [5, 5.41) is 2.85. The number of halogens is 1. The maximum Gasteiger partial charge on any atom is 0.256 e. The molecule has 1 amide bonds. The second-order valence-electron chi connectivity index (χ2n) is 4.37. The van der Waals surface area contributed by atoms with Crippen LogP contribution in [0.5, 0.6) is 5.75 Å². The minimum Gasteiger partial charge on any atom is -0.497 e. The van der Waals surface area contributed by atoms with Gasteiger partial charge >= 0.3 is 0 Å². The number of nitrogens with two attached hydrogens (primary N) is 1. The lowest BCUT2D eigenvalue weighted by atomic mass is 10.1. The van der Waals surface area contributed by atoms with Crippen LogP contribution in [0.25, 0.3) is 0 Å². The fraction of sp³-hybridized carbons (Fsp3) is 0.133. The highest BCUT2D eigenvalue weighted by Gasteiger charge is 2.12. The van der Waals surface area contributed by atoms with E-state index in [9.17, 15) is 4.79 Å². The monoisotopic (exact) mass is 334 g/mol. The smallest absolute Gasteiger partial charge is 0.256 e. The van der Waals surface area contributed by atoms with E-state index in [-0.39, 0.29) is 5.91 Å². The molecule has 4 nitrogen and oxygen atoms in total. The third-order valence-corrected chi connectivity index (χ3v) is 3.62. The van der Waals surface area contributed by atoms with Gasteiger partial charge in [0.1, 0.15) is 5.75 Å². The molecule has 2 rings (SSSR count). The SMILES string of the molecule is COc1ccc(Br)c(NC(=O)c2cc(N)ccc2C)c1. The van der Waals surface area contributed by atoms with Crippen LogP contribution in [0.3, 0.4) is 0 Å². The summed E-state index contributed by atoms with van der Waals surface area (Å²) in [5.41, 5.74) is 8.36. The molecular weight excluding hydrogens is 320 g/mol. The zero-order valence-electron chi connectivity index (χ0n) is 11.2. The number of rotatable bonds is 3. The number of amides is 1. The van der Waals surface area contributed by atoms with Gasteiger partial charge in [-0.1, -0.05) is 6.07 Å². The zero-order chi connectivity index (χ0) is 14.7. The van der Waals surface area contributed by atoms with Crippen molar-refractivity contribution in [3.63, 3.8) is 0 Å². The number of hydrogen-bond donors (Lipinski definition) is 2. The Hall–Kier alpha value is -2.01. The molecule has 0 aromatic heterocycles. The quantitative estimate of drug-likeness (QED) is 0.843. The Labute approximate surface area is 126 Å². The molecule has 0 atom stereocenters. The third-order valence-electron chi connectivity index (χ3n) is 2.93. The van der Waals surface area contributed by atoms with Gasteiger partial charge in [0.15, 0.2) is 0 Å². The number of nitrogens with one attached hydrogen (secondary N) is 1. The first-order valence-electron chi connectivity index (χ1n) is 6.02. The number of nitrogen functional groups attached to an aromatic ring is 1. The Bertz CT molecular complexity index is 656. The fourth-order valence-corrected chi connectivity index (χ4v) is 2.15. The molecule has 5 heteroatoms. The van der Waals surface area contributed by atoms with Gasteiger partial charge in [-0.25, -0.2) is 0 Å². The minimum absolute atomic E-state index is 0.205. The van der Waals surface area contributed by atoms with Crippen LogP contribution in [-0.2, 0) is 0 Å². The lowest BCUT2D eigenvalue weighted by Gasteiger charge is -2.11. The van der Waals surface area contributed by atoms with Gasteiger partial charge in [-0.15, -0.1) is 0 Å². The van der Waals surface area contributed by atoms with Crippen molar-refractivity contribution in [2.24, 2.45) is 0 Å². The second-order valence-corrected chi connectivity index (χ2v) is 5.23. The summed E-state index contributed by atoms with van der Waals surface area (Å²) < 4.78 is 5.93. The van der Waals surface area contributed by atoms with Crippen molar-refractivity contribution in [1.29, 1.82) is 0 Å². The van der Waals surface area contributed by atoms with Gasteiger partial charge in [-0.2, -0.15) is 0 Å². The van der Waals surface area contributed by atoms with E-state index in [1.54, 1.807) is 25.3 Å². The van der Waals surface area contributed by atoms with Crippen LogP contribution in [0.15, 0.2) is 40.9 Å². The van der Waals surface area contributed by atoms with Crippen molar-refractivity contribution in [2.45, 2.75) is 6.92 Å². The van der Waals surface area contributed by atoms with Crippen molar-refractivity contribution >= 4 is 33.2 Å². The van der Waals surface area contributed by atoms with Gasteiger partial charge in [0.05, 0.1) is 12.8 Å². The summed E-state index contributed by atoms with van der Waals surface area (Å²) in [7, 11) is 1.58. The van der Waals surface area contributed by atoms with Crippen LogP contribution in [-0.4, -0.2) is 13.0 Å². The molecule has 0 saturated heterocycles. The summed E-state index contributed by atoms with van der Waals surface area (Å²) in [5.74, 6) is 0.469. The number of hydrogen-bond acceptors (Lipinski definition) is 3. The molecule has 0 saturated carbocycles. The highest BCUT2D eigenvalue weighted by molar-refractivity contribution is 9.10. The van der Waals surface area contributed by atoms with E-state index in [0.29, 0.717) is 22.7 Å². The van der Waals surface area contributed by atoms with Crippen molar-refractivity contribution in [3.8, 4) is 5.75 Å². The summed E-state index contributed by atoms with van der Waals surface area (Å²) in [4.78, 5) is 12.3. The van der Waals surface area contributed by atoms with Crippen molar-refractivity contribution < 1.29 is 9.53 Å². The summed E-state index contributed by atoms with van der Waals surface area (Å²) in [6.45, 7) is 1.87. The van der Waals surface area contributed by atoms with Crippen LogP contribution in [0, 0.1) is 6.92 Å². The number of benzene rings is 2. The van der Waals surface area contributed by atoms with Crippen LogP contribution < -0.4 is 15.8 Å². The number of methoxy groups -OCH3 is 1. The molecule has 0 spiro atoms. The molecule has 0 fully saturated rings. The minimum atomic E-state index is -0.205. The number of aryl methyl sites for hydroxylation is 1. The lowest BCUT2D eigenvalue weighted by molar-refractivity contribution is 0.102. The molecular formula is C15H15BrN2O2. The summed E-state index contributed by atoms with van der Waals surface area (Å²) in [6.07, 6.45) is 0. The van der Waals surface area contributed by atoms with E-state index >= 15 is 0 Å². The Kier molecular flexibility index (Phi) is 4.29. The normalized spacial score (nSPS) is 10.2. The van der Waals surface area contributed by atoms with Crippen molar-refractivity contribution in [3.05, 3.63) is 52.0 Å². The molecule has 0 aliphatic heterocycles. The standard InChI is InChI=1S/C15H15BrN2O2/c1-9-3-4-10(17)7-12(9)15(19)18-14-8-11(20-2)5-6-13(14)16/h3-8H,17H2,1-2H3,(H,18,19). The van der Waals surface area contributed by atoms with E-state index in [1.165, 1.54) is 0 Å². The van der Waals surface area contributed by atoms with E-state index in [2.05, 4.69) is 21.2 Å². The van der Waals surface area contributed by atoms with E-state index in [1.807, 2.05) is 25.1 Å². The predicted octanol–water partition coefficient (Wildman–Crippen LogP) is 3.60. The largest absolute Gasteiger partial charge is 0.497 e. The Morgan fingerprint density at radius 1 is 1.25 bits per heavy atom. The van der Waals surface area contributed by atoms with Gasteiger partial charge < -0.3 is 15.8 Å². The number of carbonyl (C=O) groups excluding carboxylic acids is 1. The molecule has 2 aromatic carbocycles. The van der Waals surface area contributed by atoms with Gasteiger partial charge in [0.2, 0.25) is 0 Å². The first-order chi connectivity index (χ1) is 9.51. The first-order valence-corrected chi connectivity index (χ1v) is 6.81. The number of anilines is 2. The Balaban J connectivity index is 2.30. The fourth-order valence-electron chi connectivity index (χ4n) is 1.80. The predicted molar refractivity (Wildman–Crippen MR) is 84.2 cm³/mol. The molecule has 0 aliphatic rings. The second kappa shape index (κ2) is 5.96. The van der Waals surface area contributed by atoms with Gasteiger partial charge in [-0.05, 0) is 52.7 Å². The molecule has 2 aromatic rings. The Morgan fingerprint density at radius 2 is 2.00 bits per heavy atom. The summed E-state index contributed by atoms with van der Waals surface area (Å²) in [6, 6.07) is 10.6. The number of ether oxygens (including phenoxy) is 1. The molecule has 0 radical (unpaired) electrons. The average Bonchev–Trinajstić information content (AvgIpc) is 2.43. The summed E-state index contributed by atoms with van der Waals surface area (Å²) >= 11 is 3.40. The lowest BCUT2D eigenvalue weighted by Crippen LogP contribution is -2.14. The van der Waals surface area contributed by atoms with Gasteiger partial charge in [-0.3, -0.25) is 4.79 Å². The molecule has 0 bridgehead atoms. The van der Waals surface area contributed by atoms with Crippen LogP contribution >= 0.6 is 15.9 Å². The maximum absolute atomic E-state index is 12.3. The van der Waals surface area contributed by atoms with Crippen LogP contribution in [0.4, 0.5) is 11.4 Å². The molecule has 20 heavy (non-hydrogen) atoms. The van der Waals surface area contributed by atoms with E-state index in [4.69, 9.17) is 10.5 Å². The van der Waals surface area contributed by atoms with E-state index < -0.39 is 0 Å². The molecule has 0 unspecified atom stereocenters. The van der Waals surface area contributed by atoms with Gasteiger partial charge in [0.25, 0.3) is 5.91 Å². The molecule has 3 N–H and O–H groups in total. The highest BCUT2D eigenvalue weighted by atomic mass is 79.9. The third kappa shape index (κ3) is 3.11. The first kappa shape index (κ1) is 14.4. The van der Waals surface area contributed by atoms with E-state index in [0.717, 1.165) is 10.0 Å². The molecule has 0 aliphatic carbocycles. The molecule has 104 valence electrons. The van der Waals surface area contributed by atoms with Crippen molar-refractivity contribution in [2.75, 3.05) is 18.2 Å². The van der Waals surface area contributed by atoms with Crippen molar-refractivity contribution in [1.82, 2.24) is 0 Å². The topological polar surface area (TPSA) is 64.3 Å². The molecule has 0 heterocycles. The number of carbonyl (C=O) groups is 1. The van der Waals surface area contributed by atoms with Crippen LogP contribution in [0.2, 0.25) is 0 Å². The van der Waals surface area contributed by atoms with Crippen LogP contribution in [0.1, 0.15) is 15.9 Å². The highest BCUT2D eigenvalue weighted by Crippen LogP contribution is 2.28. The zero-order valence-corrected chi connectivity index (χ0v) is 12.8. The maximum atomic E-state index is 12.3. The Morgan fingerprint density at radius 3 is 2.70 bits per heavy atom. The average molecular weight is 335 g/mol.